The van der Waals surface area contributed by atoms with Gasteiger partial charge < -0.3 is 21.1 Å². The van der Waals surface area contributed by atoms with Crippen LogP contribution in [0.2, 0.25) is 0 Å². The largest absolute Gasteiger partial charge is 1.00 e. The molecule has 0 saturated heterocycles. The van der Waals surface area contributed by atoms with Crippen LogP contribution in [0.15, 0.2) is 0 Å². The monoisotopic (exact) mass is 101 g/mol. The molecule has 0 aliphatic carbocycles. The topological polar surface area (TPSA) is 97.7 Å². The molecule has 0 fully saturated rings. The summed E-state index contributed by atoms with van der Waals surface area (Å²) < 4.78 is 0. The summed E-state index contributed by atoms with van der Waals surface area (Å²) in [5.74, 6) is 0. The maximum atomic E-state index is 8.67. The maximum absolute atomic E-state index is 8.67. The van der Waals surface area contributed by atoms with Crippen LogP contribution < -0.4 is 40.4 Å². The number of carboxylic acid groups (broad SMARTS) is 1. The number of nitrogens with two attached hydrogens (primary N) is 1. The third-order valence-corrected chi connectivity index (χ3v) is 0. The van der Waals surface area contributed by atoms with Gasteiger partial charge in [0.1, 0.15) is 6.09 Å². The summed E-state index contributed by atoms with van der Waals surface area (Å²) in [5, 5.41) is 8.67. The van der Waals surface area contributed by atoms with Crippen LogP contribution in [0.4, 0.5) is 4.79 Å². The van der Waals surface area contributed by atoms with Gasteiger partial charge in [0.2, 0.25) is 0 Å². The molecule has 0 rings (SSSR count). The van der Waals surface area contributed by atoms with Crippen LogP contribution in [0.25, 0.3) is 0 Å². The van der Waals surface area contributed by atoms with Gasteiger partial charge in [0, 0.05) is 0 Å². The Bertz CT molecular complexity index is 33.8. The summed E-state index contributed by atoms with van der Waals surface area (Å²) in [6, 6.07) is 0. The van der Waals surface area contributed by atoms with Crippen LogP contribution in [0.5, 0.6) is 0 Å². The standard InChI is InChI=1S/CH3NO2.Na.H2O/c2-1(3)4;;/h2H2,(H,3,4);;1H2/q;+1;/p-1. The zero-order chi connectivity index (χ0) is 3.58. The molecule has 0 aliphatic rings. The Balaban J connectivity index is -0.0000000450. The molecule has 0 aromatic rings. The summed E-state index contributed by atoms with van der Waals surface area (Å²) >= 11 is 0. The van der Waals surface area contributed by atoms with Gasteiger partial charge in [-0.1, -0.05) is 0 Å². The van der Waals surface area contributed by atoms with Crippen molar-refractivity contribution in [2.45, 2.75) is 0 Å². The number of primary amides is 1. The van der Waals surface area contributed by atoms with Crippen molar-refractivity contribution in [3.05, 3.63) is 0 Å². The van der Waals surface area contributed by atoms with Gasteiger partial charge in [0.15, 0.2) is 0 Å². The van der Waals surface area contributed by atoms with Crippen LogP contribution in [0.3, 0.4) is 0 Å². The minimum atomic E-state index is -1.58. The molecule has 6 heavy (non-hydrogen) atoms. The zero-order valence-electron chi connectivity index (χ0n) is 3.39. The molecule has 0 aromatic heterocycles. The van der Waals surface area contributed by atoms with Crippen molar-refractivity contribution >= 4 is 6.09 Å². The number of carbonyl (C=O) groups excluding carboxylic acids is 1. The van der Waals surface area contributed by atoms with Crippen molar-refractivity contribution in [3.63, 3.8) is 0 Å². The fraction of sp³-hybridized carbons (Fsp3) is 0. The van der Waals surface area contributed by atoms with E-state index in [1.54, 1.807) is 0 Å². The van der Waals surface area contributed by atoms with Gasteiger partial charge in [0.05, 0.1) is 0 Å². The number of hydrogen-bond donors (Lipinski definition) is 1. The van der Waals surface area contributed by atoms with Crippen LogP contribution in [0.1, 0.15) is 0 Å². The molecule has 0 atom stereocenters. The molecule has 4 nitrogen and oxygen atoms in total. The van der Waals surface area contributed by atoms with Gasteiger partial charge in [-0.3, -0.25) is 0 Å². The van der Waals surface area contributed by atoms with Gasteiger partial charge in [-0.25, -0.2) is 0 Å². The SMILES string of the molecule is NC(=O)[O-].O.[Na+]. The van der Waals surface area contributed by atoms with E-state index in [2.05, 4.69) is 5.73 Å². The van der Waals surface area contributed by atoms with E-state index in [-0.39, 0.29) is 35.0 Å². The first-order valence-electron chi connectivity index (χ1n) is 0.697. The molecule has 1 amide bonds. The normalized spacial score (nSPS) is 4.00. The van der Waals surface area contributed by atoms with E-state index in [1.165, 1.54) is 0 Å². The molecule has 4 N–H and O–H groups in total. The van der Waals surface area contributed by atoms with Crippen LogP contribution >= 0.6 is 0 Å². The Morgan fingerprint density at radius 3 is 1.67 bits per heavy atom. The van der Waals surface area contributed by atoms with E-state index in [0.29, 0.717) is 0 Å². The second kappa shape index (κ2) is 8.97. The molecule has 0 saturated carbocycles. The van der Waals surface area contributed by atoms with Gasteiger partial charge in [-0.05, 0) is 0 Å². The number of amides is 1. The Kier molecular flexibility index (Phi) is 24.4. The van der Waals surface area contributed by atoms with Gasteiger partial charge in [-0.2, -0.15) is 0 Å². The Morgan fingerprint density at radius 2 is 1.67 bits per heavy atom. The van der Waals surface area contributed by atoms with Crippen molar-refractivity contribution in [3.8, 4) is 0 Å². The Hall–Kier alpha value is 0.230. The molecule has 0 heterocycles. The fourth-order valence-electron chi connectivity index (χ4n) is 0. The smallest absolute Gasteiger partial charge is 0.530 e. The minimum Gasteiger partial charge on any atom is -0.530 e. The van der Waals surface area contributed by atoms with Crippen molar-refractivity contribution < 1.29 is 44.9 Å². The van der Waals surface area contributed by atoms with Crippen molar-refractivity contribution in [1.82, 2.24) is 0 Å². The Morgan fingerprint density at radius 1 is 1.67 bits per heavy atom. The zero-order valence-corrected chi connectivity index (χ0v) is 5.39. The maximum Gasteiger partial charge on any atom is 1.00 e. The molecule has 0 aromatic carbocycles. The van der Waals surface area contributed by atoms with Gasteiger partial charge in [-0.15, -0.1) is 0 Å². The molecular formula is CH4NNaO3. The van der Waals surface area contributed by atoms with Crippen molar-refractivity contribution in [2.75, 3.05) is 0 Å². The molecule has 0 radical (unpaired) electrons. The van der Waals surface area contributed by atoms with E-state index in [1.807, 2.05) is 0 Å². The van der Waals surface area contributed by atoms with Crippen LogP contribution in [0, 0.1) is 0 Å². The first-order valence-corrected chi connectivity index (χ1v) is 0.697. The van der Waals surface area contributed by atoms with E-state index >= 15 is 0 Å². The predicted molar refractivity (Wildman–Crippen MR) is 13.2 cm³/mol. The minimum absolute atomic E-state index is 0. The number of carbonyl (C=O) groups is 1. The second-order valence-corrected chi connectivity index (χ2v) is 0.319. The average molecular weight is 101 g/mol. The molecule has 0 unspecified atom stereocenters. The molecule has 0 aliphatic heterocycles. The van der Waals surface area contributed by atoms with Crippen LogP contribution in [-0.4, -0.2) is 11.6 Å². The van der Waals surface area contributed by atoms with Gasteiger partial charge in [0.25, 0.3) is 0 Å². The van der Waals surface area contributed by atoms with E-state index in [9.17, 15) is 0 Å². The summed E-state index contributed by atoms with van der Waals surface area (Å²) in [7, 11) is 0. The average Bonchev–Trinajstić information content (AvgIpc) is 0.811. The Labute approximate surface area is 56.9 Å². The third-order valence-electron chi connectivity index (χ3n) is 0. The van der Waals surface area contributed by atoms with Crippen molar-refractivity contribution in [2.24, 2.45) is 5.73 Å². The molecule has 0 spiro atoms. The quantitative estimate of drug-likeness (QED) is 0.308. The summed E-state index contributed by atoms with van der Waals surface area (Å²) in [6.07, 6.45) is -1.58. The second-order valence-electron chi connectivity index (χ2n) is 0.319. The molecular weight excluding hydrogens is 97.0 g/mol. The van der Waals surface area contributed by atoms with E-state index in [4.69, 9.17) is 9.90 Å². The summed E-state index contributed by atoms with van der Waals surface area (Å²) in [6.45, 7) is 0. The van der Waals surface area contributed by atoms with E-state index < -0.39 is 6.09 Å². The first kappa shape index (κ1) is 16.3. The molecule has 32 valence electrons. The third kappa shape index (κ3) is 834. The van der Waals surface area contributed by atoms with Gasteiger partial charge >= 0.3 is 29.6 Å². The number of hydrogen-bond acceptors (Lipinski definition) is 2. The molecule has 5 heteroatoms. The van der Waals surface area contributed by atoms with Crippen LogP contribution in [-0.2, 0) is 0 Å². The van der Waals surface area contributed by atoms with Crippen molar-refractivity contribution in [1.29, 1.82) is 0 Å². The fourth-order valence-corrected chi connectivity index (χ4v) is 0. The molecule has 0 bridgehead atoms. The van der Waals surface area contributed by atoms with E-state index in [0.717, 1.165) is 0 Å². The first-order chi connectivity index (χ1) is 1.73. The predicted octanol–water partition coefficient (Wildman–Crippen LogP) is -5.53. The number of rotatable bonds is 0. The summed E-state index contributed by atoms with van der Waals surface area (Å²) in [4.78, 5) is 8.67. The summed E-state index contributed by atoms with van der Waals surface area (Å²) in [5.41, 5.74) is 3.92.